The average molecular weight is 461 g/mol. The predicted octanol–water partition coefficient (Wildman–Crippen LogP) is 3.84. The van der Waals surface area contributed by atoms with Gasteiger partial charge in [0.15, 0.2) is 28.8 Å². The molecule has 0 bridgehead atoms. The molecule has 1 fully saturated rings. The smallest absolute Gasteiger partial charge is 0.201 e. The molecule has 180 valence electrons. The molecule has 8 nitrogen and oxygen atoms in total. The lowest BCUT2D eigenvalue weighted by Gasteiger charge is -2.39. The molecule has 1 aliphatic carbocycles. The molecule has 3 unspecified atom stereocenters. The van der Waals surface area contributed by atoms with Crippen LogP contribution in [0.4, 0.5) is 0 Å². The van der Waals surface area contributed by atoms with Gasteiger partial charge in [0.25, 0.3) is 0 Å². The van der Waals surface area contributed by atoms with E-state index in [1.807, 2.05) is 19.9 Å². The van der Waals surface area contributed by atoms with Crippen LogP contribution in [0.15, 0.2) is 18.2 Å². The van der Waals surface area contributed by atoms with Crippen LogP contribution in [0.3, 0.4) is 0 Å². The van der Waals surface area contributed by atoms with E-state index >= 15 is 0 Å². The Labute approximate surface area is 193 Å². The quantitative estimate of drug-likeness (QED) is 0.695. The summed E-state index contributed by atoms with van der Waals surface area (Å²) < 4.78 is 34.2. The van der Waals surface area contributed by atoms with Crippen LogP contribution in [0.1, 0.15) is 36.5 Å². The second-order valence-corrected chi connectivity index (χ2v) is 8.94. The summed E-state index contributed by atoms with van der Waals surface area (Å²) in [5.41, 5.74) is 2.71. The molecule has 8 heteroatoms. The monoisotopic (exact) mass is 460 g/mol. The lowest BCUT2D eigenvalue weighted by atomic mass is 9.66. The molecule has 2 aliphatic rings. The number of aromatic hydroxyl groups is 2. The molecule has 1 aliphatic heterocycles. The van der Waals surface area contributed by atoms with Gasteiger partial charge in [-0.2, -0.15) is 0 Å². The third kappa shape index (κ3) is 4.02. The zero-order chi connectivity index (χ0) is 23.9. The Kier molecular flexibility index (Phi) is 6.24. The van der Waals surface area contributed by atoms with Crippen molar-refractivity contribution in [2.24, 2.45) is 11.8 Å². The van der Waals surface area contributed by atoms with Gasteiger partial charge in [-0.3, -0.25) is 0 Å². The van der Waals surface area contributed by atoms with Gasteiger partial charge in [0, 0.05) is 11.5 Å². The minimum Gasteiger partial charge on any atom is -0.502 e. The Morgan fingerprint density at radius 1 is 0.818 bits per heavy atom. The van der Waals surface area contributed by atoms with E-state index in [2.05, 4.69) is 0 Å². The number of phenolic OH excluding ortho intramolecular Hbond substituents is 2. The second-order valence-electron chi connectivity index (χ2n) is 8.94. The predicted molar refractivity (Wildman–Crippen MR) is 121 cm³/mol. The highest BCUT2D eigenvalue weighted by atomic mass is 16.7. The minimum absolute atomic E-state index is 0.0138. The van der Waals surface area contributed by atoms with Gasteiger partial charge in [-0.05, 0) is 61.4 Å². The molecule has 3 atom stereocenters. The standard InChI is InChI=1S/C25H32O8/c1-25(2)32-11-15-7-13-8-19(30-5)23(27)24(31-6)21(13)20(16(15)12-33-25)14-9-17(28-3)22(26)18(10-14)29-4/h8-10,15-16,20,26-27H,7,11-12H2,1-6H3. The van der Waals surface area contributed by atoms with E-state index in [0.717, 1.165) is 23.1 Å². The van der Waals surface area contributed by atoms with Crippen LogP contribution < -0.4 is 18.9 Å². The lowest BCUT2D eigenvalue weighted by Crippen LogP contribution is -2.34. The Morgan fingerprint density at radius 2 is 1.39 bits per heavy atom. The van der Waals surface area contributed by atoms with Gasteiger partial charge in [-0.15, -0.1) is 0 Å². The van der Waals surface area contributed by atoms with Crippen LogP contribution in [0.2, 0.25) is 0 Å². The number of ether oxygens (including phenoxy) is 6. The van der Waals surface area contributed by atoms with Crippen molar-refractivity contribution in [2.45, 2.75) is 32.0 Å². The molecule has 2 aromatic rings. The number of phenols is 2. The van der Waals surface area contributed by atoms with E-state index in [4.69, 9.17) is 28.4 Å². The van der Waals surface area contributed by atoms with Gasteiger partial charge in [0.2, 0.25) is 11.5 Å². The van der Waals surface area contributed by atoms with Crippen LogP contribution in [-0.2, 0) is 15.9 Å². The van der Waals surface area contributed by atoms with Gasteiger partial charge in [-0.1, -0.05) is 0 Å². The van der Waals surface area contributed by atoms with Crippen LogP contribution in [-0.4, -0.2) is 57.7 Å². The molecule has 2 aromatic carbocycles. The zero-order valence-corrected chi connectivity index (χ0v) is 19.9. The Balaban J connectivity index is 1.98. The molecule has 4 rings (SSSR count). The summed E-state index contributed by atoms with van der Waals surface area (Å²) >= 11 is 0. The summed E-state index contributed by atoms with van der Waals surface area (Å²) in [6.45, 7) is 4.79. The summed E-state index contributed by atoms with van der Waals surface area (Å²) in [7, 11) is 6.05. The van der Waals surface area contributed by atoms with Crippen molar-refractivity contribution in [3.8, 4) is 34.5 Å². The first-order chi connectivity index (χ1) is 15.7. The Morgan fingerprint density at radius 3 is 1.97 bits per heavy atom. The molecule has 2 N–H and O–H groups in total. The van der Waals surface area contributed by atoms with Gasteiger partial charge in [0.05, 0.1) is 41.7 Å². The summed E-state index contributed by atoms with van der Waals surface area (Å²) in [6.07, 6.45) is 0.718. The van der Waals surface area contributed by atoms with E-state index in [9.17, 15) is 10.2 Å². The van der Waals surface area contributed by atoms with E-state index in [1.165, 1.54) is 28.4 Å². The number of hydrogen-bond donors (Lipinski definition) is 2. The third-order valence-corrected chi connectivity index (χ3v) is 6.72. The van der Waals surface area contributed by atoms with Crippen LogP contribution in [0, 0.1) is 11.8 Å². The third-order valence-electron chi connectivity index (χ3n) is 6.72. The number of rotatable bonds is 5. The molecule has 1 saturated heterocycles. The number of methoxy groups -OCH3 is 4. The van der Waals surface area contributed by atoms with E-state index in [1.54, 1.807) is 12.1 Å². The summed E-state index contributed by atoms with van der Waals surface area (Å²) in [4.78, 5) is 0. The van der Waals surface area contributed by atoms with Crippen molar-refractivity contribution in [1.29, 1.82) is 0 Å². The lowest BCUT2D eigenvalue weighted by molar-refractivity contribution is -0.202. The highest BCUT2D eigenvalue weighted by Crippen LogP contribution is 2.55. The van der Waals surface area contributed by atoms with E-state index < -0.39 is 5.79 Å². The minimum atomic E-state index is -0.706. The first kappa shape index (κ1) is 23.3. The van der Waals surface area contributed by atoms with Crippen LogP contribution in [0.5, 0.6) is 34.5 Å². The van der Waals surface area contributed by atoms with Crippen molar-refractivity contribution >= 4 is 0 Å². The molecule has 1 heterocycles. The maximum Gasteiger partial charge on any atom is 0.201 e. The van der Waals surface area contributed by atoms with Crippen molar-refractivity contribution in [3.63, 3.8) is 0 Å². The van der Waals surface area contributed by atoms with Crippen LogP contribution >= 0.6 is 0 Å². The zero-order valence-electron chi connectivity index (χ0n) is 19.9. The molecule has 0 radical (unpaired) electrons. The Bertz CT molecular complexity index is 1010. The summed E-state index contributed by atoms with van der Waals surface area (Å²) in [6, 6.07) is 5.46. The largest absolute Gasteiger partial charge is 0.502 e. The normalized spacial score (nSPS) is 23.6. The van der Waals surface area contributed by atoms with Gasteiger partial charge >= 0.3 is 0 Å². The second kappa shape index (κ2) is 8.83. The van der Waals surface area contributed by atoms with Gasteiger partial charge in [0.1, 0.15) is 0 Å². The topological polar surface area (TPSA) is 95.8 Å². The highest BCUT2D eigenvalue weighted by molar-refractivity contribution is 5.64. The molecular weight excluding hydrogens is 428 g/mol. The first-order valence-electron chi connectivity index (χ1n) is 10.9. The average Bonchev–Trinajstić information content (AvgIpc) is 2.95. The SMILES string of the molecule is COc1cc(C2c3c(cc(OC)c(O)c3OC)CC3COC(C)(C)OCC32)cc(OC)c1O. The summed E-state index contributed by atoms with van der Waals surface area (Å²) in [5, 5.41) is 21.4. The fourth-order valence-electron chi connectivity index (χ4n) is 5.05. The molecule has 33 heavy (non-hydrogen) atoms. The molecule has 0 aromatic heterocycles. The van der Waals surface area contributed by atoms with Gasteiger partial charge < -0.3 is 38.6 Å². The maximum atomic E-state index is 10.9. The van der Waals surface area contributed by atoms with Gasteiger partial charge in [-0.25, -0.2) is 0 Å². The number of hydrogen-bond acceptors (Lipinski definition) is 8. The van der Waals surface area contributed by atoms with Crippen molar-refractivity contribution < 1.29 is 38.6 Å². The fraction of sp³-hybridized carbons (Fsp3) is 0.520. The first-order valence-corrected chi connectivity index (χ1v) is 10.9. The number of benzene rings is 2. The van der Waals surface area contributed by atoms with Crippen molar-refractivity contribution in [1.82, 2.24) is 0 Å². The highest BCUT2D eigenvalue weighted by Gasteiger charge is 2.44. The molecule has 0 saturated carbocycles. The van der Waals surface area contributed by atoms with E-state index in [-0.39, 0.29) is 29.3 Å². The van der Waals surface area contributed by atoms with Crippen molar-refractivity contribution in [3.05, 3.63) is 34.9 Å². The number of fused-ring (bicyclic) bond motifs is 2. The van der Waals surface area contributed by atoms with Crippen molar-refractivity contribution in [2.75, 3.05) is 41.7 Å². The summed E-state index contributed by atoms with van der Waals surface area (Å²) in [5.74, 6) is 0.418. The maximum absolute atomic E-state index is 10.9. The molecule has 0 spiro atoms. The Hall–Kier alpha value is -2.84. The van der Waals surface area contributed by atoms with E-state index in [0.29, 0.717) is 36.2 Å². The van der Waals surface area contributed by atoms with Crippen LogP contribution in [0.25, 0.3) is 0 Å². The molecular formula is C25H32O8. The fourth-order valence-corrected chi connectivity index (χ4v) is 5.05. The molecule has 0 amide bonds.